The highest BCUT2D eigenvalue weighted by Gasteiger charge is 2.30. The number of aromatic nitrogens is 2. The first-order valence-electron chi connectivity index (χ1n) is 11.1. The molecule has 150 valence electrons. The maximum Gasteiger partial charge on any atom is 0.311 e. The second-order valence-corrected chi connectivity index (χ2v) is 8.46. The number of carbonyl (C=O) groups is 1. The van der Waals surface area contributed by atoms with E-state index >= 15 is 0 Å². The molecule has 0 aliphatic heterocycles. The summed E-state index contributed by atoms with van der Waals surface area (Å²) in [5, 5.41) is 15.1. The number of benzene rings is 1. The average molecular weight is 381 g/mol. The zero-order valence-electron chi connectivity index (χ0n) is 17.0. The Hall–Kier alpha value is -2.10. The van der Waals surface area contributed by atoms with Crippen LogP contribution in [0.15, 0.2) is 24.3 Å². The molecule has 0 amide bonds. The van der Waals surface area contributed by atoms with Crippen LogP contribution in [0.5, 0.6) is 0 Å². The second kappa shape index (κ2) is 8.50. The molecule has 0 saturated heterocycles. The van der Waals surface area contributed by atoms with E-state index in [4.69, 9.17) is 5.10 Å². The Labute approximate surface area is 168 Å². The van der Waals surface area contributed by atoms with E-state index in [1.54, 1.807) is 0 Å². The Balaban J connectivity index is 1.69. The number of fused-ring (bicyclic) bond motifs is 1. The van der Waals surface area contributed by atoms with E-state index in [0.29, 0.717) is 12.5 Å². The number of carboxylic acid groups (broad SMARTS) is 1. The van der Waals surface area contributed by atoms with Gasteiger partial charge in [0.1, 0.15) is 0 Å². The van der Waals surface area contributed by atoms with Crippen LogP contribution in [0.25, 0.3) is 0 Å². The van der Waals surface area contributed by atoms with Gasteiger partial charge in [-0.25, -0.2) is 0 Å². The van der Waals surface area contributed by atoms with E-state index in [-0.39, 0.29) is 0 Å². The van der Waals surface area contributed by atoms with Gasteiger partial charge in [-0.15, -0.1) is 0 Å². The quantitative estimate of drug-likeness (QED) is 0.745. The first-order chi connectivity index (χ1) is 13.7. The zero-order valence-corrected chi connectivity index (χ0v) is 17.0. The molecule has 2 aromatic rings. The van der Waals surface area contributed by atoms with Crippen LogP contribution in [-0.4, -0.2) is 20.9 Å². The predicted molar refractivity (Wildman–Crippen MR) is 111 cm³/mol. The molecule has 4 nitrogen and oxygen atoms in total. The maximum absolute atomic E-state index is 12.2. The summed E-state index contributed by atoms with van der Waals surface area (Å²) in [5.74, 6) is -1.26. The molecule has 1 aromatic heterocycles. The molecule has 28 heavy (non-hydrogen) atoms. The van der Waals surface area contributed by atoms with Crippen molar-refractivity contribution in [3.8, 4) is 0 Å². The van der Waals surface area contributed by atoms with Crippen molar-refractivity contribution in [3.63, 3.8) is 0 Å². The van der Waals surface area contributed by atoms with E-state index in [0.717, 1.165) is 36.1 Å². The van der Waals surface area contributed by atoms with Crippen molar-refractivity contribution < 1.29 is 9.90 Å². The van der Waals surface area contributed by atoms with Gasteiger partial charge in [-0.1, -0.05) is 50.5 Å². The van der Waals surface area contributed by atoms with Crippen LogP contribution in [0.4, 0.5) is 0 Å². The van der Waals surface area contributed by atoms with E-state index in [9.17, 15) is 9.90 Å². The van der Waals surface area contributed by atoms with E-state index < -0.39 is 11.9 Å². The topological polar surface area (TPSA) is 55.1 Å². The molecule has 1 heterocycles. The van der Waals surface area contributed by atoms with Crippen molar-refractivity contribution in [1.82, 2.24) is 9.78 Å². The van der Waals surface area contributed by atoms with Crippen molar-refractivity contribution in [1.29, 1.82) is 0 Å². The standard InChI is InChI=1S/C24H32N2O2/c1-2-17-10-6-7-13-19(17)21(24(27)28)16-22-20-14-8-9-15-23(20)26(25-22)18-11-4-3-5-12-18/h6-7,10,13,18,21H,2-5,8-9,11-12,14-16H2,1H3,(H,27,28). The summed E-state index contributed by atoms with van der Waals surface area (Å²) in [5.41, 5.74) is 5.89. The van der Waals surface area contributed by atoms with Crippen LogP contribution < -0.4 is 0 Å². The Morgan fingerprint density at radius 2 is 1.89 bits per heavy atom. The Morgan fingerprint density at radius 3 is 2.64 bits per heavy atom. The molecule has 1 fully saturated rings. The molecule has 0 bridgehead atoms. The van der Waals surface area contributed by atoms with Crippen LogP contribution in [0.3, 0.4) is 0 Å². The lowest BCUT2D eigenvalue weighted by molar-refractivity contribution is -0.138. The van der Waals surface area contributed by atoms with Gasteiger partial charge < -0.3 is 5.11 Å². The van der Waals surface area contributed by atoms with Crippen molar-refractivity contribution in [3.05, 3.63) is 52.3 Å². The molecule has 1 aromatic carbocycles. The smallest absolute Gasteiger partial charge is 0.311 e. The maximum atomic E-state index is 12.2. The van der Waals surface area contributed by atoms with Gasteiger partial charge in [0.2, 0.25) is 0 Å². The highest BCUT2D eigenvalue weighted by atomic mass is 16.4. The molecule has 1 saturated carbocycles. The van der Waals surface area contributed by atoms with Gasteiger partial charge in [0.15, 0.2) is 0 Å². The lowest BCUT2D eigenvalue weighted by atomic mass is 9.86. The van der Waals surface area contributed by atoms with Crippen LogP contribution >= 0.6 is 0 Å². The summed E-state index contributed by atoms with van der Waals surface area (Å²) >= 11 is 0. The van der Waals surface area contributed by atoms with E-state index in [2.05, 4.69) is 17.7 Å². The molecular weight excluding hydrogens is 348 g/mol. The molecule has 1 unspecified atom stereocenters. The molecule has 2 aliphatic rings. The molecular formula is C24H32N2O2. The third kappa shape index (κ3) is 3.74. The third-order valence-electron chi connectivity index (χ3n) is 6.72. The summed E-state index contributed by atoms with van der Waals surface area (Å²) in [7, 11) is 0. The highest BCUT2D eigenvalue weighted by molar-refractivity contribution is 5.77. The summed E-state index contributed by atoms with van der Waals surface area (Å²) < 4.78 is 2.31. The fourth-order valence-electron chi connectivity index (χ4n) is 5.22. The lowest BCUT2D eigenvalue weighted by Crippen LogP contribution is -2.18. The number of rotatable bonds is 6. The van der Waals surface area contributed by atoms with Gasteiger partial charge in [0.05, 0.1) is 17.7 Å². The SMILES string of the molecule is CCc1ccccc1C(Cc1nn(C2CCCCC2)c2c1CCCC2)C(=O)O. The molecule has 4 rings (SSSR count). The lowest BCUT2D eigenvalue weighted by Gasteiger charge is -2.25. The first kappa shape index (κ1) is 19.2. The number of carboxylic acids is 1. The monoisotopic (exact) mass is 380 g/mol. The van der Waals surface area contributed by atoms with Gasteiger partial charge in [-0.2, -0.15) is 5.10 Å². The first-order valence-corrected chi connectivity index (χ1v) is 11.1. The van der Waals surface area contributed by atoms with Crippen molar-refractivity contribution >= 4 is 5.97 Å². The molecule has 2 aliphatic carbocycles. The highest BCUT2D eigenvalue weighted by Crippen LogP contribution is 2.35. The van der Waals surface area contributed by atoms with Crippen molar-refractivity contribution in [2.75, 3.05) is 0 Å². The van der Waals surface area contributed by atoms with E-state index in [1.165, 1.54) is 56.2 Å². The Kier molecular flexibility index (Phi) is 5.84. The second-order valence-electron chi connectivity index (χ2n) is 8.46. The average Bonchev–Trinajstić information content (AvgIpc) is 3.11. The predicted octanol–water partition coefficient (Wildman–Crippen LogP) is 5.24. The summed E-state index contributed by atoms with van der Waals surface area (Å²) in [6, 6.07) is 8.52. The van der Waals surface area contributed by atoms with Gasteiger partial charge in [-0.05, 0) is 61.6 Å². The summed E-state index contributed by atoms with van der Waals surface area (Å²) in [6.45, 7) is 2.09. The number of hydrogen-bond acceptors (Lipinski definition) is 2. The van der Waals surface area contributed by atoms with Crippen LogP contribution in [0, 0.1) is 0 Å². The fraction of sp³-hybridized carbons (Fsp3) is 0.583. The van der Waals surface area contributed by atoms with Crippen molar-refractivity contribution in [2.24, 2.45) is 0 Å². The summed E-state index contributed by atoms with van der Waals surface area (Å²) in [4.78, 5) is 12.2. The van der Waals surface area contributed by atoms with E-state index in [1.807, 2.05) is 18.2 Å². The normalized spacial score (nSPS) is 18.6. The van der Waals surface area contributed by atoms with Gasteiger partial charge in [0.25, 0.3) is 0 Å². The number of hydrogen-bond donors (Lipinski definition) is 1. The minimum absolute atomic E-state index is 0.508. The third-order valence-corrected chi connectivity index (χ3v) is 6.72. The fourth-order valence-corrected chi connectivity index (χ4v) is 5.22. The van der Waals surface area contributed by atoms with Crippen LogP contribution in [0.1, 0.15) is 91.9 Å². The minimum Gasteiger partial charge on any atom is -0.481 e. The number of aryl methyl sites for hydroxylation is 1. The van der Waals surface area contributed by atoms with Gasteiger partial charge in [-0.3, -0.25) is 9.48 Å². The summed E-state index contributed by atoms with van der Waals surface area (Å²) in [6.07, 6.45) is 12.3. The molecule has 4 heteroatoms. The van der Waals surface area contributed by atoms with Crippen LogP contribution in [-0.2, 0) is 30.5 Å². The van der Waals surface area contributed by atoms with Gasteiger partial charge >= 0.3 is 5.97 Å². The van der Waals surface area contributed by atoms with Gasteiger partial charge in [0, 0.05) is 12.1 Å². The Morgan fingerprint density at radius 1 is 1.14 bits per heavy atom. The molecule has 0 radical (unpaired) electrons. The Bertz CT molecular complexity index is 833. The molecule has 0 spiro atoms. The molecule has 1 atom stereocenters. The molecule has 1 N–H and O–H groups in total. The minimum atomic E-state index is -0.738. The number of nitrogens with zero attached hydrogens (tertiary/aromatic N) is 2. The largest absolute Gasteiger partial charge is 0.481 e. The van der Waals surface area contributed by atoms with Crippen molar-refractivity contribution in [2.45, 2.75) is 89.5 Å². The number of aliphatic carboxylic acids is 1. The van der Waals surface area contributed by atoms with Crippen LogP contribution in [0.2, 0.25) is 0 Å². The zero-order chi connectivity index (χ0) is 19.5.